The molecule has 3 atom stereocenters. The van der Waals surface area contributed by atoms with Gasteiger partial charge in [0, 0.05) is 11.1 Å². The lowest BCUT2D eigenvalue weighted by atomic mass is 10.0. The minimum Gasteiger partial charge on any atom is -0.347 e. The molecule has 1 saturated heterocycles. The van der Waals surface area contributed by atoms with Crippen molar-refractivity contribution in [2.45, 2.75) is 44.3 Å². The topological polar surface area (TPSA) is 66.0 Å². The molecule has 1 aliphatic rings. The van der Waals surface area contributed by atoms with Gasteiger partial charge in [0.15, 0.2) is 0 Å². The van der Waals surface area contributed by atoms with Crippen molar-refractivity contribution >= 4 is 17.2 Å². The number of nitrogens with zero attached hydrogens (tertiary/aromatic N) is 1. The van der Waals surface area contributed by atoms with E-state index >= 15 is 0 Å². The first kappa shape index (κ1) is 16.1. The molecule has 2 aromatic heterocycles. The Kier molecular flexibility index (Phi) is 5.38. The van der Waals surface area contributed by atoms with E-state index in [2.05, 4.69) is 39.5 Å². The lowest BCUT2D eigenvalue weighted by Crippen LogP contribution is -2.44. The summed E-state index contributed by atoms with van der Waals surface area (Å²) in [5.74, 6) is 0.0442. The van der Waals surface area contributed by atoms with Crippen molar-refractivity contribution in [2.24, 2.45) is 0 Å². The average molecular weight is 330 g/mol. The summed E-state index contributed by atoms with van der Waals surface area (Å²) in [6.45, 7) is 2.14. The molecule has 0 aromatic carbocycles. The molecule has 0 spiro atoms. The summed E-state index contributed by atoms with van der Waals surface area (Å²) in [5.41, 5.74) is 7.23. The summed E-state index contributed by atoms with van der Waals surface area (Å²) in [5, 5.41) is 5.24. The molecule has 1 amide bonds. The number of aromatic nitrogens is 1. The van der Waals surface area contributed by atoms with Crippen LogP contribution >= 0.6 is 11.3 Å². The maximum Gasteiger partial charge on any atom is 0.239 e. The number of thiophene rings is 1. The summed E-state index contributed by atoms with van der Waals surface area (Å²) in [6, 6.07) is 9.88. The molecule has 1 aliphatic heterocycles. The van der Waals surface area contributed by atoms with E-state index in [0.717, 1.165) is 18.5 Å². The van der Waals surface area contributed by atoms with Crippen molar-refractivity contribution in [1.82, 2.24) is 21.2 Å². The van der Waals surface area contributed by atoms with Gasteiger partial charge < -0.3 is 5.32 Å². The van der Waals surface area contributed by atoms with Crippen molar-refractivity contribution in [3.05, 3.63) is 52.5 Å². The van der Waals surface area contributed by atoms with Gasteiger partial charge in [-0.2, -0.15) is 0 Å². The second kappa shape index (κ2) is 7.68. The third-order valence-electron chi connectivity index (χ3n) is 4.04. The maximum atomic E-state index is 12.6. The zero-order valence-corrected chi connectivity index (χ0v) is 14.0. The second-order valence-electron chi connectivity index (χ2n) is 5.75. The Bertz CT molecular complexity index is 617. The molecule has 3 N–H and O–H groups in total. The van der Waals surface area contributed by atoms with Gasteiger partial charge in [0.1, 0.15) is 6.04 Å². The highest BCUT2D eigenvalue weighted by atomic mass is 32.1. The Morgan fingerprint density at radius 3 is 3.00 bits per heavy atom. The molecule has 6 heteroatoms. The Labute approximate surface area is 140 Å². The predicted octanol–water partition coefficient (Wildman–Crippen LogP) is 2.71. The van der Waals surface area contributed by atoms with Crippen molar-refractivity contribution in [2.75, 3.05) is 0 Å². The highest BCUT2D eigenvalue weighted by Gasteiger charge is 2.31. The molecule has 2 aromatic rings. The zero-order chi connectivity index (χ0) is 16.1. The van der Waals surface area contributed by atoms with Gasteiger partial charge in [-0.3, -0.25) is 9.78 Å². The molecular formula is C17H22N4OS. The first-order valence-corrected chi connectivity index (χ1v) is 8.91. The van der Waals surface area contributed by atoms with Crippen LogP contribution in [0.15, 0.2) is 41.9 Å². The van der Waals surface area contributed by atoms with E-state index in [-0.39, 0.29) is 24.0 Å². The van der Waals surface area contributed by atoms with Crippen LogP contribution in [0.4, 0.5) is 0 Å². The minimum absolute atomic E-state index is 0.0442. The van der Waals surface area contributed by atoms with Crippen molar-refractivity contribution in [3.63, 3.8) is 0 Å². The van der Waals surface area contributed by atoms with Gasteiger partial charge >= 0.3 is 0 Å². The van der Waals surface area contributed by atoms with Crippen LogP contribution in [0.2, 0.25) is 0 Å². The average Bonchev–Trinajstić information content (AvgIpc) is 3.27. The monoisotopic (exact) mass is 330 g/mol. The SMILES string of the molecule is CCCC(NC(=O)C1CC(c2ccccn2)NN1)c1cccs1. The third-order valence-corrected chi connectivity index (χ3v) is 5.03. The van der Waals surface area contributed by atoms with Gasteiger partial charge in [-0.05, 0) is 36.4 Å². The molecular weight excluding hydrogens is 308 g/mol. The van der Waals surface area contributed by atoms with Gasteiger partial charge in [0.05, 0.1) is 17.8 Å². The predicted molar refractivity (Wildman–Crippen MR) is 91.8 cm³/mol. The molecule has 0 bridgehead atoms. The number of hydrazine groups is 1. The molecule has 23 heavy (non-hydrogen) atoms. The van der Waals surface area contributed by atoms with E-state index in [4.69, 9.17) is 0 Å². The molecule has 0 radical (unpaired) electrons. The van der Waals surface area contributed by atoms with Crippen LogP contribution in [0.1, 0.15) is 48.8 Å². The molecule has 5 nitrogen and oxygen atoms in total. The molecule has 0 saturated carbocycles. The first-order valence-electron chi connectivity index (χ1n) is 8.03. The van der Waals surface area contributed by atoms with Crippen LogP contribution in [0, 0.1) is 0 Å². The van der Waals surface area contributed by atoms with Gasteiger partial charge in [0.25, 0.3) is 0 Å². The first-order chi connectivity index (χ1) is 11.3. The Hall–Kier alpha value is -1.76. The van der Waals surface area contributed by atoms with E-state index < -0.39 is 0 Å². The molecule has 3 unspecified atom stereocenters. The van der Waals surface area contributed by atoms with E-state index in [9.17, 15) is 4.79 Å². The minimum atomic E-state index is -0.235. The normalized spacial score (nSPS) is 22.0. The molecule has 3 rings (SSSR count). The Balaban J connectivity index is 1.60. The number of hydrogen-bond acceptors (Lipinski definition) is 5. The summed E-state index contributed by atoms with van der Waals surface area (Å²) in [6.07, 6.45) is 4.47. The summed E-state index contributed by atoms with van der Waals surface area (Å²) < 4.78 is 0. The highest BCUT2D eigenvalue weighted by molar-refractivity contribution is 7.10. The van der Waals surface area contributed by atoms with Gasteiger partial charge in [-0.15, -0.1) is 11.3 Å². The van der Waals surface area contributed by atoms with E-state index in [1.165, 1.54) is 4.88 Å². The van der Waals surface area contributed by atoms with Crippen molar-refractivity contribution in [3.8, 4) is 0 Å². The third kappa shape index (κ3) is 3.96. The molecule has 0 aliphatic carbocycles. The van der Waals surface area contributed by atoms with Crippen LogP contribution < -0.4 is 16.2 Å². The summed E-state index contributed by atoms with van der Waals surface area (Å²) in [4.78, 5) is 18.1. The summed E-state index contributed by atoms with van der Waals surface area (Å²) >= 11 is 1.69. The number of carbonyl (C=O) groups excluding carboxylic acids is 1. The fourth-order valence-corrected chi connectivity index (χ4v) is 3.65. The van der Waals surface area contributed by atoms with Gasteiger partial charge in [-0.25, -0.2) is 10.9 Å². The van der Waals surface area contributed by atoms with Crippen LogP contribution in [0.3, 0.4) is 0 Å². The van der Waals surface area contributed by atoms with Crippen molar-refractivity contribution < 1.29 is 4.79 Å². The number of pyridine rings is 1. The second-order valence-corrected chi connectivity index (χ2v) is 6.73. The van der Waals surface area contributed by atoms with Crippen molar-refractivity contribution in [1.29, 1.82) is 0 Å². The van der Waals surface area contributed by atoms with Crippen LogP contribution in [-0.2, 0) is 4.79 Å². The maximum absolute atomic E-state index is 12.6. The summed E-state index contributed by atoms with van der Waals surface area (Å²) in [7, 11) is 0. The standard InChI is InChI=1S/C17H22N4OS/c1-2-6-13(16-8-5-10-23-16)19-17(22)15-11-14(20-21-15)12-7-3-4-9-18-12/h3-5,7-10,13-15,20-21H,2,6,11H2,1H3,(H,19,22). The quantitative estimate of drug-likeness (QED) is 0.762. The lowest BCUT2D eigenvalue weighted by Gasteiger charge is -2.19. The number of carbonyl (C=O) groups is 1. The largest absolute Gasteiger partial charge is 0.347 e. The zero-order valence-electron chi connectivity index (χ0n) is 13.2. The Morgan fingerprint density at radius 2 is 2.30 bits per heavy atom. The fraction of sp³-hybridized carbons (Fsp3) is 0.412. The highest BCUT2D eigenvalue weighted by Crippen LogP contribution is 2.25. The molecule has 1 fully saturated rings. The van der Waals surface area contributed by atoms with Crippen LogP contribution in [0.25, 0.3) is 0 Å². The smallest absolute Gasteiger partial charge is 0.239 e. The van der Waals surface area contributed by atoms with E-state index in [1.807, 2.05) is 24.3 Å². The fourth-order valence-electron chi connectivity index (χ4n) is 2.84. The van der Waals surface area contributed by atoms with Gasteiger partial charge in [-0.1, -0.05) is 25.5 Å². The molecule has 3 heterocycles. The number of rotatable bonds is 6. The Morgan fingerprint density at radius 1 is 1.39 bits per heavy atom. The number of amides is 1. The molecule has 122 valence electrons. The lowest BCUT2D eigenvalue weighted by molar-refractivity contribution is -0.123. The van der Waals surface area contributed by atoms with E-state index in [1.54, 1.807) is 17.5 Å². The van der Waals surface area contributed by atoms with Crippen LogP contribution in [0.5, 0.6) is 0 Å². The number of nitrogens with one attached hydrogen (secondary N) is 3. The van der Waals surface area contributed by atoms with E-state index in [0.29, 0.717) is 6.42 Å². The number of hydrogen-bond donors (Lipinski definition) is 3. The van der Waals surface area contributed by atoms with Gasteiger partial charge in [0.2, 0.25) is 5.91 Å². The van der Waals surface area contributed by atoms with Crippen LogP contribution in [-0.4, -0.2) is 16.9 Å².